The smallest absolute Gasteiger partial charge is 0.219 e. The highest BCUT2D eigenvalue weighted by Gasteiger charge is 2.14. The molecule has 2 aromatic heterocycles. The van der Waals surface area contributed by atoms with Crippen molar-refractivity contribution >= 4 is 45.7 Å². The number of halogens is 1. The molecule has 23 heavy (non-hydrogen) atoms. The van der Waals surface area contributed by atoms with E-state index in [0.29, 0.717) is 11.6 Å². The monoisotopic (exact) mass is 343 g/mol. The summed E-state index contributed by atoms with van der Waals surface area (Å²) in [6, 6.07) is 13.1. The summed E-state index contributed by atoms with van der Waals surface area (Å²) in [7, 11) is 0. The topological polar surface area (TPSA) is 45.2 Å². The fourth-order valence-electron chi connectivity index (χ4n) is 2.15. The van der Waals surface area contributed by atoms with E-state index in [-0.39, 0.29) is 0 Å². The molecule has 0 aliphatic heterocycles. The van der Waals surface area contributed by atoms with Crippen molar-refractivity contribution in [2.75, 3.05) is 10.2 Å². The van der Waals surface area contributed by atoms with E-state index in [2.05, 4.69) is 10.3 Å². The minimum Gasteiger partial charge on any atom is -0.379 e. The molecular weight excluding hydrogens is 330 g/mol. The van der Waals surface area contributed by atoms with E-state index in [4.69, 9.17) is 11.6 Å². The second-order valence-corrected chi connectivity index (χ2v) is 6.13. The number of nitrogens with one attached hydrogen (secondary N) is 1. The van der Waals surface area contributed by atoms with Crippen molar-refractivity contribution in [1.29, 1.82) is 0 Å². The zero-order valence-corrected chi connectivity index (χ0v) is 13.7. The minimum atomic E-state index is 0.641. The molecule has 1 N–H and O–H groups in total. The molecule has 0 saturated carbocycles. The van der Waals surface area contributed by atoms with Crippen LogP contribution in [0.2, 0.25) is 5.02 Å². The molecule has 0 fully saturated rings. The van der Waals surface area contributed by atoms with E-state index in [1.807, 2.05) is 35.7 Å². The van der Waals surface area contributed by atoms with Gasteiger partial charge in [0.25, 0.3) is 0 Å². The maximum atomic E-state index is 11.6. The van der Waals surface area contributed by atoms with Crippen molar-refractivity contribution in [3.8, 4) is 0 Å². The summed E-state index contributed by atoms with van der Waals surface area (Å²) < 4.78 is 0. The fraction of sp³-hybridized carbons (Fsp3) is 0.0588. The largest absolute Gasteiger partial charge is 0.379 e. The van der Waals surface area contributed by atoms with Gasteiger partial charge in [-0.25, -0.2) is 0 Å². The highest BCUT2D eigenvalue weighted by molar-refractivity contribution is 7.15. The van der Waals surface area contributed by atoms with Crippen LogP contribution >= 0.6 is 22.9 Å². The van der Waals surface area contributed by atoms with Gasteiger partial charge in [0.2, 0.25) is 6.41 Å². The molecule has 4 nitrogen and oxygen atoms in total. The number of carbonyl (C=O) groups excluding carboxylic acids is 1. The predicted molar refractivity (Wildman–Crippen MR) is 95.5 cm³/mol. The number of amides is 1. The quantitative estimate of drug-likeness (QED) is 0.660. The molecule has 1 amide bonds. The molecule has 2 heterocycles. The van der Waals surface area contributed by atoms with Gasteiger partial charge in [-0.3, -0.25) is 14.7 Å². The zero-order chi connectivity index (χ0) is 16.1. The van der Waals surface area contributed by atoms with Gasteiger partial charge in [0, 0.05) is 29.6 Å². The lowest BCUT2D eigenvalue weighted by molar-refractivity contribution is -0.106. The summed E-state index contributed by atoms with van der Waals surface area (Å²) in [6.07, 6.45) is 4.33. The van der Waals surface area contributed by atoms with Crippen LogP contribution < -0.4 is 10.2 Å². The van der Waals surface area contributed by atoms with E-state index >= 15 is 0 Å². The van der Waals surface area contributed by atoms with Crippen molar-refractivity contribution < 1.29 is 4.79 Å². The highest BCUT2D eigenvalue weighted by Crippen LogP contribution is 2.36. The van der Waals surface area contributed by atoms with Gasteiger partial charge in [-0.05, 0) is 53.4 Å². The van der Waals surface area contributed by atoms with Crippen LogP contribution in [0, 0.1) is 0 Å². The van der Waals surface area contributed by atoms with E-state index in [0.717, 1.165) is 28.3 Å². The summed E-state index contributed by atoms with van der Waals surface area (Å²) >= 11 is 7.41. The number of anilines is 3. The van der Waals surface area contributed by atoms with Crippen LogP contribution in [0.4, 0.5) is 16.4 Å². The Kier molecular flexibility index (Phi) is 4.90. The van der Waals surface area contributed by atoms with Crippen LogP contribution in [-0.2, 0) is 11.3 Å². The van der Waals surface area contributed by atoms with E-state index in [9.17, 15) is 4.79 Å². The van der Waals surface area contributed by atoms with Crippen LogP contribution in [-0.4, -0.2) is 11.4 Å². The van der Waals surface area contributed by atoms with Crippen molar-refractivity contribution in [3.05, 3.63) is 70.8 Å². The lowest BCUT2D eigenvalue weighted by Crippen LogP contribution is -2.14. The predicted octanol–water partition coefficient (Wildman–Crippen LogP) is 4.70. The molecule has 0 atom stereocenters. The van der Waals surface area contributed by atoms with Crippen LogP contribution in [0.3, 0.4) is 0 Å². The first kappa shape index (κ1) is 15.5. The first-order chi connectivity index (χ1) is 11.3. The molecule has 0 bridgehead atoms. The number of hydrogen-bond donors (Lipinski definition) is 1. The standard InChI is InChI=1S/C17H14ClN3OS/c18-14-1-3-15(4-2-14)21(12-22)17-16(7-10-23-17)20-11-13-5-8-19-9-6-13/h1-10,12,20H,11H2. The average Bonchev–Trinajstić information content (AvgIpc) is 3.05. The number of aromatic nitrogens is 1. The number of carbonyl (C=O) groups is 1. The molecule has 0 aliphatic carbocycles. The Morgan fingerprint density at radius 2 is 1.87 bits per heavy atom. The van der Waals surface area contributed by atoms with Crippen molar-refractivity contribution in [2.24, 2.45) is 0 Å². The Morgan fingerprint density at radius 3 is 2.57 bits per heavy atom. The van der Waals surface area contributed by atoms with Gasteiger partial charge in [0.05, 0.1) is 5.69 Å². The number of rotatable bonds is 6. The molecule has 116 valence electrons. The number of pyridine rings is 1. The lowest BCUT2D eigenvalue weighted by atomic mass is 10.2. The van der Waals surface area contributed by atoms with Gasteiger partial charge in [-0.1, -0.05) is 11.6 Å². The van der Waals surface area contributed by atoms with Crippen LogP contribution in [0.25, 0.3) is 0 Å². The SMILES string of the molecule is O=CN(c1ccc(Cl)cc1)c1sccc1NCc1ccncc1. The Bertz CT molecular complexity index is 774. The van der Waals surface area contributed by atoms with Crippen LogP contribution in [0.5, 0.6) is 0 Å². The molecule has 0 aliphatic rings. The summed E-state index contributed by atoms with van der Waals surface area (Å²) in [5.74, 6) is 0. The molecule has 3 aromatic rings. The highest BCUT2D eigenvalue weighted by atomic mass is 35.5. The summed E-state index contributed by atoms with van der Waals surface area (Å²) in [4.78, 5) is 17.2. The first-order valence-electron chi connectivity index (χ1n) is 6.98. The van der Waals surface area contributed by atoms with Gasteiger partial charge in [-0.15, -0.1) is 11.3 Å². The third-order valence-electron chi connectivity index (χ3n) is 3.31. The minimum absolute atomic E-state index is 0.641. The molecule has 0 saturated heterocycles. The molecule has 3 rings (SSSR count). The Labute approximate surface area is 143 Å². The second kappa shape index (κ2) is 7.26. The van der Waals surface area contributed by atoms with Crippen LogP contribution in [0.1, 0.15) is 5.56 Å². The third kappa shape index (κ3) is 3.70. The lowest BCUT2D eigenvalue weighted by Gasteiger charge is -2.18. The molecule has 1 aromatic carbocycles. The van der Waals surface area contributed by atoms with Crippen LogP contribution in [0.15, 0.2) is 60.2 Å². The van der Waals surface area contributed by atoms with E-state index < -0.39 is 0 Å². The van der Waals surface area contributed by atoms with Crippen molar-refractivity contribution in [3.63, 3.8) is 0 Å². The summed E-state index contributed by atoms with van der Waals surface area (Å²) in [6.45, 7) is 0.666. The summed E-state index contributed by atoms with van der Waals surface area (Å²) in [5, 5.41) is 6.80. The van der Waals surface area contributed by atoms with Crippen molar-refractivity contribution in [2.45, 2.75) is 6.54 Å². The van der Waals surface area contributed by atoms with Gasteiger partial charge in [0.15, 0.2) is 0 Å². The number of hydrogen-bond acceptors (Lipinski definition) is 4. The van der Waals surface area contributed by atoms with Gasteiger partial charge in [-0.2, -0.15) is 0 Å². The maximum absolute atomic E-state index is 11.6. The first-order valence-corrected chi connectivity index (χ1v) is 8.24. The van der Waals surface area contributed by atoms with Crippen molar-refractivity contribution in [1.82, 2.24) is 4.98 Å². The molecular formula is C17H14ClN3OS. The number of benzene rings is 1. The Hall–Kier alpha value is -2.37. The Morgan fingerprint density at radius 1 is 1.13 bits per heavy atom. The molecule has 0 spiro atoms. The maximum Gasteiger partial charge on any atom is 0.219 e. The third-order valence-corrected chi connectivity index (χ3v) is 4.47. The second-order valence-electron chi connectivity index (χ2n) is 4.80. The van der Waals surface area contributed by atoms with Gasteiger partial charge >= 0.3 is 0 Å². The van der Waals surface area contributed by atoms with Gasteiger partial charge in [0.1, 0.15) is 5.00 Å². The molecule has 0 radical (unpaired) electrons. The number of nitrogens with zero attached hydrogens (tertiary/aromatic N) is 2. The normalized spacial score (nSPS) is 10.3. The van der Waals surface area contributed by atoms with Gasteiger partial charge < -0.3 is 5.32 Å². The number of thiophene rings is 1. The Balaban J connectivity index is 1.81. The van der Waals surface area contributed by atoms with E-state index in [1.54, 1.807) is 29.4 Å². The summed E-state index contributed by atoms with van der Waals surface area (Å²) in [5.41, 5.74) is 2.81. The average molecular weight is 344 g/mol. The molecule has 6 heteroatoms. The molecule has 0 unspecified atom stereocenters. The zero-order valence-electron chi connectivity index (χ0n) is 12.1. The fourth-order valence-corrected chi connectivity index (χ4v) is 3.14. The van der Waals surface area contributed by atoms with E-state index in [1.165, 1.54) is 11.3 Å².